The molecule has 3 rings (SSSR count). The maximum Gasteiger partial charge on any atom is 0.410 e. The van der Waals surface area contributed by atoms with Crippen molar-refractivity contribution in [2.75, 3.05) is 13.1 Å². The van der Waals surface area contributed by atoms with E-state index in [1.165, 1.54) is 6.42 Å². The van der Waals surface area contributed by atoms with Crippen molar-refractivity contribution in [1.82, 2.24) is 25.0 Å². The number of hydrogen-bond donors (Lipinski definition) is 1. The molecule has 1 fully saturated rings. The lowest BCUT2D eigenvalue weighted by atomic mass is 10.1. The third-order valence-corrected chi connectivity index (χ3v) is 4.82. The fourth-order valence-corrected chi connectivity index (χ4v) is 3.45. The van der Waals surface area contributed by atoms with E-state index in [4.69, 9.17) is 4.74 Å². The predicted molar refractivity (Wildman–Crippen MR) is 95.3 cm³/mol. The van der Waals surface area contributed by atoms with Crippen LogP contribution in [0, 0.1) is 5.92 Å². The van der Waals surface area contributed by atoms with E-state index in [-0.39, 0.29) is 17.9 Å². The summed E-state index contributed by atoms with van der Waals surface area (Å²) in [6.45, 7) is 7.77. The number of amides is 2. The molecule has 0 aliphatic carbocycles. The number of fused-ring (bicyclic) bond motifs is 1. The highest BCUT2D eigenvalue weighted by atomic mass is 16.6. The van der Waals surface area contributed by atoms with Crippen molar-refractivity contribution in [3.8, 4) is 0 Å². The lowest BCUT2D eigenvalue weighted by molar-refractivity contribution is -0.124. The van der Waals surface area contributed by atoms with Gasteiger partial charge in [0.2, 0.25) is 5.91 Å². The molecule has 0 bridgehead atoms. The Kier molecular flexibility index (Phi) is 5.48. The van der Waals surface area contributed by atoms with Gasteiger partial charge in [-0.25, -0.2) is 4.79 Å². The molecule has 0 aromatic carbocycles. The third-order valence-electron chi connectivity index (χ3n) is 4.82. The second-order valence-electron chi connectivity index (χ2n) is 8.12. The van der Waals surface area contributed by atoms with Crippen LogP contribution in [0.5, 0.6) is 0 Å². The standard InChI is InChI=1S/C18H29N5O3/c1-18(2,3)26-17(25)22-10-8-13(12-22)16(24)19-11-15-21-20-14-7-5-4-6-9-23(14)15/h13H,4-12H2,1-3H3,(H,19,24)/t13-/m0/s1. The van der Waals surface area contributed by atoms with Crippen molar-refractivity contribution < 1.29 is 14.3 Å². The summed E-state index contributed by atoms with van der Waals surface area (Å²) in [5, 5.41) is 11.5. The topological polar surface area (TPSA) is 89.3 Å². The Morgan fingerprint density at radius 3 is 2.77 bits per heavy atom. The zero-order valence-electron chi connectivity index (χ0n) is 16.0. The van der Waals surface area contributed by atoms with Gasteiger partial charge in [-0.1, -0.05) is 6.42 Å². The molecule has 26 heavy (non-hydrogen) atoms. The van der Waals surface area contributed by atoms with E-state index < -0.39 is 5.60 Å². The number of nitrogens with one attached hydrogen (secondary N) is 1. The van der Waals surface area contributed by atoms with Crippen LogP contribution in [0.3, 0.4) is 0 Å². The summed E-state index contributed by atoms with van der Waals surface area (Å²) in [6.07, 6.45) is 4.73. The van der Waals surface area contributed by atoms with E-state index >= 15 is 0 Å². The molecule has 0 saturated carbocycles. The van der Waals surface area contributed by atoms with Crippen molar-refractivity contribution in [1.29, 1.82) is 0 Å². The first-order valence-corrected chi connectivity index (χ1v) is 9.50. The number of rotatable bonds is 3. The molecular weight excluding hydrogens is 334 g/mol. The van der Waals surface area contributed by atoms with Crippen LogP contribution in [0.25, 0.3) is 0 Å². The van der Waals surface area contributed by atoms with Crippen molar-refractivity contribution in [3.05, 3.63) is 11.6 Å². The molecule has 0 unspecified atom stereocenters. The second kappa shape index (κ2) is 7.63. The average molecular weight is 363 g/mol. The van der Waals surface area contributed by atoms with Crippen LogP contribution in [0.4, 0.5) is 4.79 Å². The minimum Gasteiger partial charge on any atom is -0.444 e. The number of aromatic nitrogens is 3. The first kappa shape index (κ1) is 18.7. The van der Waals surface area contributed by atoms with Crippen LogP contribution < -0.4 is 5.32 Å². The normalized spacial score (nSPS) is 20.4. The zero-order valence-corrected chi connectivity index (χ0v) is 16.0. The molecule has 2 aliphatic rings. The van der Waals surface area contributed by atoms with Crippen LogP contribution in [-0.2, 0) is 29.0 Å². The molecule has 0 spiro atoms. The first-order valence-electron chi connectivity index (χ1n) is 9.50. The van der Waals surface area contributed by atoms with Gasteiger partial charge < -0.3 is 19.5 Å². The van der Waals surface area contributed by atoms with Crippen LogP contribution in [0.15, 0.2) is 0 Å². The van der Waals surface area contributed by atoms with Crippen LogP contribution >= 0.6 is 0 Å². The van der Waals surface area contributed by atoms with Crippen LogP contribution in [0.2, 0.25) is 0 Å². The quantitative estimate of drug-likeness (QED) is 0.886. The summed E-state index contributed by atoms with van der Waals surface area (Å²) < 4.78 is 7.51. The van der Waals surface area contributed by atoms with E-state index in [1.54, 1.807) is 4.90 Å². The zero-order chi connectivity index (χ0) is 18.7. The Morgan fingerprint density at radius 1 is 1.19 bits per heavy atom. The molecule has 1 saturated heterocycles. The second-order valence-corrected chi connectivity index (χ2v) is 8.12. The first-order chi connectivity index (χ1) is 12.3. The monoisotopic (exact) mass is 363 g/mol. The minimum absolute atomic E-state index is 0.0398. The van der Waals surface area contributed by atoms with E-state index in [0.29, 0.717) is 26.1 Å². The lowest BCUT2D eigenvalue weighted by Gasteiger charge is -2.24. The molecule has 3 heterocycles. The van der Waals surface area contributed by atoms with E-state index in [2.05, 4.69) is 20.1 Å². The summed E-state index contributed by atoms with van der Waals surface area (Å²) in [5.41, 5.74) is -0.525. The van der Waals surface area contributed by atoms with E-state index in [9.17, 15) is 9.59 Å². The summed E-state index contributed by atoms with van der Waals surface area (Å²) in [4.78, 5) is 26.2. The van der Waals surface area contributed by atoms with Crippen molar-refractivity contribution in [2.24, 2.45) is 5.92 Å². The molecule has 1 atom stereocenters. The third kappa shape index (κ3) is 4.53. The Morgan fingerprint density at radius 2 is 2.00 bits per heavy atom. The molecule has 1 N–H and O–H groups in total. The fourth-order valence-electron chi connectivity index (χ4n) is 3.45. The Balaban J connectivity index is 1.50. The Hall–Kier alpha value is -2.12. The lowest BCUT2D eigenvalue weighted by Crippen LogP contribution is -2.37. The highest BCUT2D eigenvalue weighted by molar-refractivity contribution is 5.80. The van der Waals surface area contributed by atoms with Crippen LogP contribution in [-0.4, -0.2) is 50.4 Å². The molecule has 1 aromatic rings. The highest BCUT2D eigenvalue weighted by Gasteiger charge is 2.33. The molecule has 8 heteroatoms. The average Bonchev–Trinajstić information content (AvgIpc) is 3.13. The molecule has 2 amide bonds. The maximum absolute atomic E-state index is 12.5. The van der Waals surface area contributed by atoms with Gasteiger partial charge in [0.05, 0.1) is 12.5 Å². The molecule has 0 radical (unpaired) electrons. The van der Waals surface area contributed by atoms with Gasteiger partial charge in [-0.05, 0) is 40.0 Å². The van der Waals surface area contributed by atoms with Gasteiger partial charge in [-0.15, -0.1) is 10.2 Å². The molecule has 8 nitrogen and oxygen atoms in total. The predicted octanol–water partition coefficient (Wildman–Crippen LogP) is 1.88. The fraction of sp³-hybridized carbons (Fsp3) is 0.778. The number of hydrogen-bond acceptors (Lipinski definition) is 5. The smallest absolute Gasteiger partial charge is 0.410 e. The summed E-state index contributed by atoms with van der Waals surface area (Å²) in [5.74, 6) is 1.59. The van der Waals surface area contributed by atoms with Crippen molar-refractivity contribution >= 4 is 12.0 Å². The van der Waals surface area contributed by atoms with Gasteiger partial charge in [-0.2, -0.15) is 0 Å². The summed E-state index contributed by atoms with van der Waals surface area (Å²) in [6, 6.07) is 0. The maximum atomic E-state index is 12.5. The van der Waals surface area contributed by atoms with Gasteiger partial charge in [0, 0.05) is 26.1 Å². The summed E-state index contributed by atoms with van der Waals surface area (Å²) >= 11 is 0. The molecule has 2 aliphatic heterocycles. The number of ether oxygens (including phenoxy) is 1. The number of aryl methyl sites for hydroxylation is 1. The van der Waals surface area contributed by atoms with Crippen molar-refractivity contribution in [3.63, 3.8) is 0 Å². The molecule has 144 valence electrons. The number of carbonyl (C=O) groups excluding carboxylic acids is 2. The number of nitrogens with zero attached hydrogens (tertiary/aromatic N) is 4. The van der Waals surface area contributed by atoms with Gasteiger partial charge in [0.25, 0.3) is 0 Å². The van der Waals surface area contributed by atoms with Crippen LogP contribution in [0.1, 0.15) is 58.1 Å². The Labute approximate surface area is 154 Å². The van der Waals surface area contributed by atoms with Gasteiger partial charge >= 0.3 is 6.09 Å². The van der Waals surface area contributed by atoms with Gasteiger partial charge in [-0.3, -0.25) is 4.79 Å². The molecule has 1 aromatic heterocycles. The van der Waals surface area contributed by atoms with E-state index in [1.807, 2.05) is 20.8 Å². The van der Waals surface area contributed by atoms with Gasteiger partial charge in [0.15, 0.2) is 5.82 Å². The molecular formula is C18H29N5O3. The number of carbonyl (C=O) groups is 2. The summed E-state index contributed by atoms with van der Waals surface area (Å²) in [7, 11) is 0. The number of likely N-dealkylation sites (tertiary alicyclic amines) is 1. The van der Waals surface area contributed by atoms with Crippen molar-refractivity contribution in [2.45, 2.75) is 71.6 Å². The largest absolute Gasteiger partial charge is 0.444 e. The van der Waals surface area contributed by atoms with Gasteiger partial charge in [0.1, 0.15) is 11.4 Å². The van der Waals surface area contributed by atoms with E-state index in [0.717, 1.165) is 37.5 Å². The SMILES string of the molecule is CC(C)(C)OC(=O)N1CC[C@H](C(=O)NCc2nnc3n2CCCCC3)C1. The Bertz CT molecular complexity index is 664. The highest BCUT2D eigenvalue weighted by Crippen LogP contribution is 2.20. The minimum atomic E-state index is -0.525.